The number of ether oxygens (including phenoxy) is 2. The summed E-state index contributed by atoms with van der Waals surface area (Å²) in [4.78, 5) is 2.35. The fourth-order valence-corrected chi connectivity index (χ4v) is 3.26. The van der Waals surface area contributed by atoms with E-state index in [0.29, 0.717) is 6.61 Å². The van der Waals surface area contributed by atoms with Crippen LogP contribution in [0.25, 0.3) is 0 Å². The van der Waals surface area contributed by atoms with Crippen LogP contribution in [0.5, 0.6) is 5.75 Å². The fourth-order valence-electron chi connectivity index (χ4n) is 3.26. The topological polar surface area (TPSA) is 41.9 Å². The standard InChI is InChI=1S/C18H29NO3/c1-14(2)22-13-12-19-11-5-6-17(19)18(3,20)15-7-9-16(21-4)10-8-15/h7-10,14,17,20H,5-6,11-13H2,1-4H3/t17-,18-/m0/s1. The Morgan fingerprint density at radius 2 is 2.00 bits per heavy atom. The van der Waals surface area contributed by atoms with Gasteiger partial charge in [0, 0.05) is 12.6 Å². The maximum atomic E-state index is 11.1. The minimum atomic E-state index is -0.861. The van der Waals surface area contributed by atoms with Gasteiger partial charge in [0.1, 0.15) is 11.4 Å². The molecular formula is C18H29NO3. The van der Waals surface area contributed by atoms with Crippen LogP contribution in [0.3, 0.4) is 0 Å². The Kier molecular flexibility index (Phi) is 5.84. The lowest BCUT2D eigenvalue weighted by molar-refractivity contribution is -0.0335. The SMILES string of the molecule is COc1ccc([C@](C)(O)[C@@H]2CCCN2CCOC(C)C)cc1. The van der Waals surface area contributed by atoms with Crippen LogP contribution in [0, 0.1) is 0 Å². The second-order valence-corrected chi connectivity index (χ2v) is 6.49. The normalized spacial score (nSPS) is 22.0. The molecule has 1 saturated heterocycles. The van der Waals surface area contributed by atoms with E-state index in [2.05, 4.69) is 18.7 Å². The molecule has 0 amide bonds. The number of methoxy groups -OCH3 is 1. The van der Waals surface area contributed by atoms with Crippen molar-refractivity contribution in [2.45, 2.75) is 51.4 Å². The summed E-state index contributed by atoms with van der Waals surface area (Å²) in [6.07, 6.45) is 2.39. The van der Waals surface area contributed by atoms with Crippen molar-refractivity contribution in [3.63, 3.8) is 0 Å². The molecule has 1 aliphatic rings. The zero-order chi connectivity index (χ0) is 16.2. The Morgan fingerprint density at radius 1 is 1.32 bits per heavy atom. The van der Waals surface area contributed by atoms with Crippen LogP contribution in [0.15, 0.2) is 24.3 Å². The summed E-state index contributed by atoms with van der Waals surface area (Å²) in [6.45, 7) is 8.63. The molecule has 0 saturated carbocycles. The summed E-state index contributed by atoms with van der Waals surface area (Å²) in [5.41, 5.74) is 0.0793. The minimum absolute atomic E-state index is 0.136. The Labute approximate surface area is 134 Å². The van der Waals surface area contributed by atoms with E-state index < -0.39 is 5.60 Å². The lowest BCUT2D eigenvalue weighted by atomic mass is 9.86. The summed E-state index contributed by atoms with van der Waals surface area (Å²) in [6, 6.07) is 7.87. The summed E-state index contributed by atoms with van der Waals surface area (Å²) in [5, 5.41) is 11.1. The average Bonchev–Trinajstić information content (AvgIpc) is 2.96. The first-order valence-corrected chi connectivity index (χ1v) is 8.17. The van der Waals surface area contributed by atoms with Crippen molar-refractivity contribution < 1.29 is 14.6 Å². The van der Waals surface area contributed by atoms with Gasteiger partial charge in [0.25, 0.3) is 0 Å². The first kappa shape index (κ1) is 17.3. The molecule has 1 fully saturated rings. The van der Waals surface area contributed by atoms with Crippen LogP contribution in [0.1, 0.15) is 39.2 Å². The first-order valence-electron chi connectivity index (χ1n) is 8.17. The summed E-state index contributed by atoms with van der Waals surface area (Å²) in [7, 11) is 1.65. The smallest absolute Gasteiger partial charge is 0.118 e. The second kappa shape index (κ2) is 7.44. The van der Waals surface area contributed by atoms with Gasteiger partial charge in [0.15, 0.2) is 0 Å². The van der Waals surface area contributed by atoms with Gasteiger partial charge in [-0.2, -0.15) is 0 Å². The van der Waals surface area contributed by atoms with Gasteiger partial charge in [-0.1, -0.05) is 12.1 Å². The van der Waals surface area contributed by atoms with Gasteiger partial charge < -0.3 is 14.6 Å². The molecule has 124 valence electrons. The highest BCUT2D eigenvalue weighted by Crippen LogP contribution is 2.35. The van der Waals surface area contributed by atoms with E-state index in [1.165, 1.54) is 0 Å². The summed E-state index contributed by atoms with van der Waals surface area (Å²) < 4.78 is 10.9. The third-order valence-electron chi connectivity index (χ3n) is 4.52. The molecule has 1 N–H and O–H groups in total. The molecule has 0 unspecified atom stereocenters. The van der Waals surface area contributed by atoms with Gasteiger partial charge in [0.05, 0.1) is 19.8 Å². The van der Waals surface area contributed by atoms with E-state index in [9.17, 15) is 5.11 Å². The number of nitrogens with zero attached hydrogens (tertiary/aromatic N) is 1. The van der Waals surface area contributed by atoms with E-state index in [-0.39, 0.29) is 12.1 Å². The molecule has 0 aliphatic carbocycles. The highest BCUT2D eigenvalue weighted by Gasteiger charge is 2.40. The Bertz CT molecular complexity index is 456. The minimum Gasteiger partial charge on any atom is -0.497 e. The lowest BCUT2D eigenvalue weighted by Crippen LogP contribution is -2.46. The molecule has 0 aromatic heterocycles. The quantitative estimate of drug-likeness (QED) is 0.841. The van der Waals surface area contributed by atoms with E-state index in [0.717, 1.165) is 37.2 Å². The molecule has 1 aliphatic heterocycles. The monoisotopic (exact) mass is 307 g/mol. The predicted octanol–water partition coefficient (Wildman–Crippen LogP) is 2.79. The van der Waals surface area contributed by atoms with Gasteiger partial charge in [-0.05, 0) is 57.9 Å². The molecule has 0 spiro atoms. The molecule has 0 bridgehead atoms. The van der Waals surface area contributed by atoms with Crippen LogP contribution >= 0.6 is 0 Å². The van der Waals surface area contributed by atoms with Crippen molar-refractivity contribution >= 4 is 0 Å². The van der Waals surface area contributed by atoms with Crippen LogP contribution in [-0.4, -0.2) is 49.0 Å². The van der Waals surface area contributed by atoms with Crippen molar-refractivity contribution in [1.29, 1.82) is 0 Å². The molecule has 2 rings (SSSR count). The molecule has 1 aromatic carbocycles. The lowest BCUT2D eigenvalue weighted by Gasteiger charge is -2.37. The number of aliphatic hydroxyl groups is 1. The number of hydrogen-bond donors (Lipinski definition) is 1. The van der Waals surface area contributed by atoms with E-state index >= 15 is 0 Å². The fraction of sp³-hybridized carbons (Fsp3) is 0.667. The highest BCUT2D eigenvalue weighted by molar-refractivity contribution is 5.31. The second-order valence-electron chi connectivity index (χ2n) is 6.49. The van der Waals surface area contributed by atoms with Crippen molar-refractivity contribution in [1.82, 2.24) is 4.90 Å². The zero-order valence-electron chi connectivity index (χ0n) is 14.2. The van der Waals surface area contributed by atoms with E-state index in [1.807, 2.05) is 31.2 Å². The number of hydrogen-bond acceptors (Lipinski definition) is 4. The number of likely N-dealkylation sites (tertiary alicyclic amines) is 1. The van der Waals surface area contributed by atoms with Gasteiger partial charge in [-0.25, -0.2) is 0 Å². The third-order valence-corrected chi connectivity index (χ3v) is 4.52. The number of benzene rings is 1. The van der Waals surface area contributed by atoms with Crippen LogP contribution in [-0.2, 0) is 10.3 Å². The van der Waals surface area contributed by atoms with Crippen molar-refractivity contribution in [2.24, 2.45) is 0 Å². The Hall–Kier alpha value is -1.10. The summed E-state index contributed by atoms with van der Waals surface area (Å²) in [5.74, 6) is 0.813. The van der Waals surface area contributed by atoms with Gasteiger partial charge >= 0.3 is 0 Å². The molecule has 22 heavy (non-hydrogen) atoms. The predicted molar refractivity (Wildman–Crippen MR) is 88.2 cm³/mol. The van der Waals surface area contributed by atoms with Crippen LogP contribution < -0.4 is 4.74 Å². The zero-order valence-corrected chi connectivity index (χ0v) is 14.2. The maximum Gasteiger partial charge on any atom is 0.118 e. The van der Waals surface area contributed by atoms with Gasteiger partial charge in [0.2, 0.25) is 0 Å². The molecular weight excluding hydrogens is 278 g/mol. The first-order chi connectivity index (χ1) is 10.4. The Balaban J connectivity index is 2.05. The molecule has 2 atom stereocenters. The van der Waals surface area contributed by atoms with Crippen molar-refractivity contribution in [2.75, 3.05) is 26.8 Å². The van der Waals surface area contributed by atoms with Gasteiger partial charge in [-0.3, -0.25) is 4.90 Å². The maximum absolute atomic E-state index is 11.1. The molecule has 1 heterocycles. The van der Waals surface area contributed by atoms with Crippen LogP contribution in [0.2, 0.25) is 0 Å². The largest absolute Gasteiger partial charge is 0.497 e. The Morgan fingerprint density at radius 3 is 2.59 bits per heavy atom. The number of rotatable bonds is 7. The summed E-state index contributed by atoms with van der Waals surface area (Å²) >= 11 is 0. The molecule has 1 aromatic rings. The average molecular weight is 307 g/mol. The van der Waals surface area contributed by atoms with E-state index in [1.54, 1.807) is 7.11 Å². The highest BCUT2D eigenvalue weighted by atomic mass is 16.5. The van der Waals surface area contributed by atoms with E-state index in [4.69, 9.17) is 9.47 Å². The van der Waals surface area contributed by atoms with Crippen molar-refractivity contribution in [3.8, 4) is 5.75 Å². The van der Waals surface area contributed by atoms with Crippen LogP contribution in [0.4, 0.5) is 0 Å². The molecule has 4 nitrogen and oxygen atoms in total. The van der Waals surface area contributed by atoms with Gasteiger partial charge in [-0.15, -0.1) is 0 Å². The molecule has 0 radical (unpaired) electrons. The molecule has 4 heteroatoms. The third kappa shape index (κ3) is 4.00. The van der Waals surface area contributed by atoms with Crippen molar-refractivity contribution in [3.05, 3.63) is 29.8 Å².